The molecule has 0 saturated heterocycles. The number of ether oxygens (including phenoxy) is 1. The molecule has 0 aromatic heterocycles. The third-order valence-corrected chi connectivity index (χ3v) is 3.37. The molecule has 0 aliphatic heterocycles. The van der Waals surface area contributed by atoms with Gasteiger partial charge in [0.2, 0.25) is 0 Å². The van der Waals surface area contributed by atoms with E-state index in [1.807, 2.05) is 12.1 Å². The van der Waals surface area contributed by atoms with Gasteiger partial charge in [0, 0.05) is 30.4 Å². The summed E-state index contributed by atoms with van der Waals surface area (Å²) in [5.74, 6) is 0.776. The monoisotopic (exact) mass is 265 g/mol. The number of hydrogen-bond donors (Lipinski definition) is 1. The quantitative estimate of drug-likeness (QED) is 0.740. The van der Waals surface area contributed by atoms with E-state index in [0.717, 1.165) is 24.4 Å². The molecule has 0 spiro atoms. The third kappa shape index (κ3) is 4.75. The van der Waals surface area contributed by atoms with E-state index in [2.05, 4.69) is 24.8 Å². The van der Waals surface area contributed by atoms with Crippen molar-refractivity contribution in [1.29, 1.82) is 0 Å². The number of aliphatic hydroxyl groups excluding tert-OH is 1. The van der Waals surface area contributed by atoms with E-state index in [1.165, 1.54) is 31.4 Å². The smallest absolute Gasteiger partial charge is 0.126 e. The van der Waals surface area contributed by atoms with Crippen LogP contribution >= 0.6 is 0 Å². The largest absolute Gasteiger partial charge is 0.496 e. The summed E-state index contributed by atoms with van der Waals surface area (Å²) in [5, 5.41) is 9.27. The van der Waals surface area contributed by atoms with Crippen LogP contribution in [-0.4, -0.2) is 25.3 Å². The fourth-order valence-electron chi connectivity index (χ4n) is 2.13. The Bertz CT molecular complexity index is 358. The summed E-state index contributed by atoms with van der Waals surface area (Å²) in [4.78, 5) is 2.41. The lowest BCUT2D eigenvalue weighted by Gasteiger charge is -2.25. The minimum atomic E-state index is 0.0212. The van der Waals surface area contributed by atoms with Crippen LogP contribution in [0.15, 0.2) is 18.2 Å². The van der Waals surface area contributed by atoms with E-state index >= 15 is 0 Å². The molecule has 1 N–H and O–H groups in total. The molecule has 1 aromatic carbocycles. The lowest BCUT2D eigenvalue weighted by molar-refractivity contribution is 0.274. The van der Waals surface area contributed by atoms with Crippen molar-refractivity contribution in [2.45, 2.75) is 46.1 Å². The van der Waals surface area contributed by atoms with Gasteiger partial charge in [-0.15, -0.1) is 0 Å². The number of methoxy groups -OCH3 is 1. The first kappa shape index (κ1) is 15.8. The van der Waals surface area contributed by atoms with E-state index in [-0.39, 0.29) is 6.61 Å². The molecular formula is C16H27NO2. The Hall–Kier alpha value is -1.22. The first-order valence-electron chi connectivity index (χ1n) is 7.29. The lowest BCUT2D eigenvalue weighted by atomic mass is 10.1. The highest BCUT2D eigenvalue weighted by Crippen LogP contribution is 2.26. The molecule has 19 heavy (non-hydrogen) atoms. The summed E-state index contributed by atoms with van der Waals surface area (Å²) in [6.45, 7) is 6.62. The van der Waals surface area contributed by atoms with Gasteiger partial charge in [0.1, 0.15) is 5.75 Å². The summed E-state index contributed by atoms with van der Waals surface area (Å²) >= 11 is 0. The zero-order valence-electron chi connectivity index (χ0n) is 12.5. The molecule has 3 heteroatoms. The van der Waals surface area contributed by atoms with E-state index in [9.17, 15) is 5.11 Å². The van der Waals surface area contributed by atoms with Gasteiger partial charge in [-0.25, -0.2) is 0 Å². The molecule has 1 aromatic rings. The van der Waals surface area contributed by atoms with Crippen LogP contribution in [-0.2, 0) is 6.61 Å². The van der Waals surface area contributed by atoms with Gasteiger partial charge >= 0.3 is 0 Å². The molecule has 0 atom stereocenters. The Balaban J connectivity index is 2.87. The zero-order valence-corrected chi connectivity index (χ0v) is 12.5. The number of aliphatic hydroxyl groups is 1. The second-order valence-corrected chi connectivity index (χ2v) is 4.85. The first-order valence-corrected chi connectivity index (χ1v) is 7.29. The first-order chi connectivity index (χ1) is 9.26. The van der Waals surface area contributed by atoms with Crippen LogP contribution in [0, 0.1) is 0 Å². The van der Waals surface area contributed by atoms with Crippen molar-refractivity contribution in [3.05, 3.63) is 23.8 Å². The van der Waals surface area contributed by atoms with Crippen LogP contribution in [0.25, 0.3) is 0 Å². The molecule has 0 heterocycles. The molecule has 0 aliphatic rings. The van der Waals surface area contributed by atoms with Crippen LogP contribution in [0.3, 0.4) is 0 Å². The Morgan fingerprint density at radius 1 is 1.11 bits per heavy atom. The molecule has 0 amide bonds. The van der Waals surface area contributed by atoms with Gasteiger partial charge in [-0.3, -0.25) is 0 Å². The van der Waals surface area contributed by atoms with Crippen molar-refractivity contribution >= 4 is 5.69 Å². The maximum atomic E-state index is 9.27. The van der Waals surface area contributed by atoms with Gasteiger partial charge in [0.25, 0.3) is 0 Å². The Labute approximate surface area is 117 Å². The van der Waals surface area contributed by atoms with Crippen LogP contribution in [0.2, 0.25) is 0 Å². The van der Waals surface area contributed by atoms with Gasteiger partial charge < -0.3 is 14.7 Å². The predicted octanol–water partition coefficient (Wildman–Crippen LogP) is 3.59. The minimum absolute atomic E-state index is 0.0212. The van der Waals surface area contributed by atoms with Crippen LogP contribution in [0.5, 0.6) is 5.75 Å². The topological polar surface area (TPSA) is 32.7 Å². The van der Waals surface area contributed by atoms with Gasteiger partial charge in [-0.05, 0) is 18.9 Å². The number of benzene rings is 1. The molecule has 1 rings (SSSR count). The third-order valence-electron chi connectivity index (χ3n) is 3.37. The molecule has 0 aliphatic carbocycles. The molecule has 108 valence electrons. The standard InChI is InChI=1S/C16H27NO2/c1-4-6-10-17(11-7-5-2)15-9-8-14(13-18)16(12-15)19-3/h8-9,12,18H,4-7,10-11,13H2,1-3H3. The lowest BCUT2D eigenvalue weighted by Crippen LogP contribution is -2.25. The Morgan fingerprint density at radius 3 is 2.21 bits per heavy atom. The van der Waals surface area contributed by atoms with Crippen molar-refractivity contribution in [2.24, 2.45) is 0 Å². The number of nitrogens with zero attached hydrogens (tertiary/aromatic N) is 1. The highest BCUT2D eigenvalue weighted by molar-refractivity contribution is 5.53. The highest BCUT2D eigenvalue weighted by atomic mass is 16.5. The van der Waals surface area contributed by atoms with Crippen molar-refractivity contribution in [1.82, 2.24) is 0 Å². The van der Waals surface area contributed by atoms with E-state index in [0.29, 0.717) is 0 Å². The number of unbranched alkanes of at least 4 members (excludes halogenated alkanes) is 2. The summed E-state index contributed by atoms with van der Waals surface area (Å²) in [7, 11) is 1.65. The van der Waals surface area contributed by atoms with Crippen molar-refractivity contribution in [3.63, 3.8) is 0 Å². The summed E-state index contributed by atoms with van der Waals surface area (Å²) in [6.07, 6.45) is 4.81. The fraction of sp³-hybridized carbons (Fsp3) is 0.625. The van der Waals surface area contributed by atoms with Gasteiger partial charge in [0.05, 0.1) is 13.7 Å². The van der Waals surface area contributed by atoms with Crippen molar-refractivity contribution in [2.75, 3.05) is 25.1 Å². The molecule has 0 saturated carbocycles. The van der Waals surface area contributed by atoms with Crippen molar-refractivity contribution < 1.29 is 9.84 Å². The molecule has 0 unspecified atom stereocenters. The molecule has 0 fully saturated rings. The van der Waals surface area contributed by atoms with Gasteiger partial charge in [0.15, 0.2) is 0 Å². The second-order valence-electron chi connectivity index (χ2n) is 4.85. The van der Waals surface area contributed by atoms with Gasteiger partial charge in [-0.1, -0.05) is 32.8 Å². The summed E-state index contributed by atoms with van der Waals surface area (Å²) in [5.41, 5.74) is 2.04. The van der Waals surface area contributed by atoms with E-state index < -0.39 is 0 Å². The molecule has 0 bridgehead atoms. The van der Waals surface area contributed by atoms with Crippen molar-refractivity contribution in [3.8, 4) is 5.75 Å². The van der Waals surface area contributed by atoms with Crippen LogP contribution in [0.1, 0.15) is 45.1 Å². The number of hydrogen-bond acceptors (Lipinski definition) is 3. The van der Waals surface area contributed by atoms with Gasteiger partial charge in [-0.2, -0.15) is 0 Å². The Morgan fingerprint density at radius 2 is 1.74 bits per heavy atom. The summed E-state index contributed by atoms with van der Waals surface area (Å²) in [6, 6.07) is 6.08. The molecular weight excluding hydrogens is 238 g/mol. The number of rotatable bonds is 9. The molecule has 3 nitrogen and oxygen atoms in total. The van der Waals surface area contributed by atoms with E-state index in [4.69, 9.17) is 4.74 Å². The predicted molar refractivity (Wildman–Crippen MR) is 80.9 cm³/mol. The van der Waals surface area contributed by atoms with E-state index in [1.54, 1.807) is 7.11 Å². The Kier molecular flexibility index (Phi) is 7.34. The van der Waals surface area contributed by atoms with Crippen LogP contribution < -0.4 is 9.64 Å². The average molecular weight is 265 g/mol. The number of anilines is 1. The second kappa shape index (κ2) is 8.81. The zero-order chi connectivity index (χ0) is 14.1. The average Bonchev–Trinajstić information content (AvgIpc) is 2.46. The minimum Gasteiger partial charge on any atom is -0.496 e. The SMILES string of the molecule is CCCCN(CCCC)c1ccc(CO)c(OC)c1. The van der Waals surface area contributed by atoms with Crippen LogP contribution in [0.4, 0.5) is 5.69 Å². The fourth-order valence-corrected chi connectivity index (χ4v) is 2.13. The normalized spacial score (nSPS) is 10.5. The maximum Gasteiger partial charge on any atom is 0.126 e. The maximum absolute atomic E-state index is 9.27. The summed E-state index contributed by atoms with van der Waals surface area (Å²) < 4.78 is 5.35. The highest BCUT2D eigenvalue weighted by Gasteiger charge is 2.09. The molecule has 0 radical (unpaired) electrons.